The molecule has 2 aromatic rings. The van der Waals surface area contributed by atoms with Crippen LogP contribution in [-0.4, -0.2) is 18.2 Å². The number of nitrogens with one attached hydrogen (secondary N) is 1. The van der Waals surface area contributed by atoms with Gasteiger partial charge >= 0.3 is 0 Å². The topological polar surface area (TPSA) is 64.0 Å². The van der Waals surface area contributed by atoms with Crippen LogP contribution in [-0.2, 0) is 17.1 Å². The summed E-state index contributed by atoms with van der Waals surface area (Å²) < 4.78 is 41.0. The molecule has 0 amide bonds. The molecule has 0 spiro atoms. The van der Waals surface area contributed by atoms with Gasteiger partial charge < -0.3 is 0 Å². The summed E-state index contributed by atoms with van der Waals surface area (Å²) in [5.41, 5.74) is 0.152. The van der Waals surface area contributed by atoms with Crippen LogP contribution < -0.4 is 4.72 Å². The summed E-state index contributed by atoms with van der Waals surface area (Å²) >= 11 is 2.99. The highest BCUT2D eigenvalue weighted by atomic mass is 79.9. The number of hydrogen-bond acceptors (Lipinski definition) is 3. The van der Waals surface area contributed by atoms with Gasteiger partial charge in [-0.05, 0) is 34.1 Å². The van der Waals surface area contributed by atoms with Crippen LogP contribution in [0.25, 0.3) is 0 Å². The summed E-state index contributed by atoms with van der Waals surface area (Å²) in [6.45, 7) is 0. The summed E-state index contributed by atoms with van der Waals surface area (Å²) in [5.74, 6) is -0.540. The molecule has 0 radical (unpaired) electrons. The van der Waals surface area contributed by atoms with E-state index in [1.54, 1.807) is 7.05 Å². The molecule has 5 nitrogen and oxygen atoms in total. The van der Waals surface area contributed by atoms with Crippen molar-refractivity contribution in [3.8, 4) is 0 Å². The summed E-state index contributed by atoms with van der Waals surface area (Å²) in [5, 5.41) is 3.77. The van der Waals surface area contributed by atoms with Crippen LogP contribution in [0.15, 0.2) is 40.0 Å². The molecule has 8 heteroatoms. The van der Waals surface area contributed by atoms with E-state index in [0.29, 0.717) is 0 Å². The molecule has 1 N–H and O–H groups in total. The maximum atomic E-state index is 13.3. The Balaban J connectivity index is 2.30. The van der Waals surface area contributed by atoms with Gasteiger partial charge in [-0.15, -0.1) is 0 Å². The fourth-order valence-electron chi connectivity index (χ4n) is 1.31. The maximum absolute atomic E-state index is 13.3. The van der Waals surface area contributed by atoms with Crippen molar-refractivity contribution in [3.63, 3.8) is 0 Å². The van der Waals surface area contributed by atoms with E-state index in [1.807, 2.05) is 0 Å². The van der Waals surface area contributed by atoms with E-state index >= 15 is 0 Å². The Morgan fingerprint density at radius 3 is 2.72 bits per heavy atom. The third-order valence-electron chi connectivity index (χ3n) is 2.16. The molecule has 0 saturated heterocycles. The molecule has 0 aliphatic heterocycles. The third-order valence-corrected chi connectivity index (χ3v) is 4.14. The van der Waals surface area contributed by atoms with Gasteiger partial charge in [0.1, 0.15) is 10.7 Å². The van der Waals surface area contributed by atoms with Crippen molar-refractivity contribution in [1.29, 1.82) is 0 Å². The van der Waals surface area contributed by atoms with Crippen molar-refractivity contribution < 1.29 is 12.8 Å². The van der Waals surface area contributed by atoms with Crippen molar-refractivity contribution in [1.82, 2.24) is 9.78 Å². The van der Waals surface area contributed by atoms with Crippen LogP contribution >= 0.6 is 15.9 Å². The van der Waals surface area contributed by atoms with E-state index in [1.165, 1.54) is 29.2 Å². The maximum Gasteiger partial charge on any atom is 0.265 e. The van der Waals surface area contributed by atoms with E-state index in [-0.39, 0.29) is 15.1 Å². The molecular formula is C10H9BrFN3O2S. The molecule has 1 aromatic heterocycles. The Labute approximate surface area is 112 Å². The van der Waals surface area contributed by atoms with E-state index in [0.717, 1.165) is 6.07 Å². The second-order valence-electron chi connectivity index (χ2n) is 3.58. The van der Waals surface area contributed by atoms with Gasteiger partial charge in [-0.3, -0.25) is 9.40 Å². The number of rotatable bonds is 3. The van der Waals surface area contributed by atoms with Crippen molar-refractivity contribution >= 4 is 31.6 Å². The van der Waals surface area contributed by atoms with Crippen LogP contribution in [0.3, 0.4) is 0 Å². The molecule has 2 rings (SSSR count). The molecule has 0 atom stereocenters. The van der Waals surface area contributed by atoms with Crippen LogP contribution in [0.1, 0.15) is 0 Å². The number of anilines is 1. The Bertz CT molecular complexity index is 684. The number of benzene rings is 1. The van der Waals surface area contributed by atoms with E-state index in [2.05, 4.69) is 25.8 Å². The third kappa shape index (κ3) is 2.70. The van der Waals surface area contributed by atoms with Crippen LogP contribution in [0.2, 0.25) is 0 Å². The predicted molar refractivity (Wildman–Crippen MR) is 68.1 cm³/mol. The minimum atomic E-state index is -3.74. The lowest BCUT2D eigenvalue weighted by molar-refractivity contribution is 0.601. The zero-order valence-corrected chi connectivity index (χ0v) is 11.7. The first-order valence-corrected chi connectivity index (χ1v) is 7.12. The summed E-state index contributed by atoms with van der Waals surface area (Å²) in [6.07, 6.45) is 2.58. The monoisotopic (exact) mass is 333 g/mol. The molecule has 18 heavy (non-hydrogen) atoms. The first kappa shape index (κ1) is 13.0. The molecule has 0 aliphatic rings. The largest absolute Gasteiger partial charge is 0.279 e. The lowest BCUT2D eigenvalue weighted by Crippen LogP contribution is -2.12. The van der Waals surface area contributed by atoms with E-state index < -0.39 is 15.8 Å². The Hall–Kier alpha value is -1.41. The Morgan fingerprint density at radius 2 is 2.17 bits per heavy atom. The Morgan fingerprint density at radius 1 is 1.44 bits per heavy atom. The normalized spacial score (nSPS) is 11.5. The highest BCUT2D eigenvalue weighted by molar-refractivity contribution is 9.10. The molecule has 0 aliphatic carbocycles. The summed E-state index contributed by atoms with van der Waals surface area (Å²) in [4.78, 5) is 0.0216. The zero-order chi connectivity index (χ0) is 13.3. The van der Waals surface area contributed by atoms with E-state index in [4.69, 9.17) is 0 Å². The average Bonchev–Trinajstić information content (AvgIpc) is 2.71. The Kier molecular flexibility index (Phi) is 3.40. The first-order valence-electron chi connectivity index (χ1n) is 4.85. The second kappa shape index (κ2) is 4.69. The number of hydrogen-bond donors (Lipinski definition) is 1. The molecule has 0 fully saturated rings. The number of nitrogens with zero attached hydrogens (tertiary/aromatic N) is 2. The quantitative estimate of drug-likeness (QED) is 0.935. The number of halogens is 2. The fourth-order valence-corrected chi connectivity index (χ4v) is 2.59. The zero-order valence-electron chi connectivity index (χ0n) is 9.26. The summed E-state index contributed by atoms with van der Waals surface area (Å²) in [6, 6.07) is 3.98. The minimum absolute atomic E-state index is 0.0216. The molecule has 96 valence electrons. The fraction of sp³-hybridized carbons (Fsp3) is 0.100. The smallest absolute Gasteiger partial charge is 0.265 e. The molecule has 0 unspecified atom stereocenters. The number of aromatic nitrogens is 2. The SMILES string of the molecule is Cn1cc(S(=O)(=O)Nc2ccc(Br)c(F)c2)cn1. The van der Waals surface area contributed by atoms with E-state index in [9.17, 15) is 12.8 Å². The van der Waals surface area contributed by atoms with Crippen molar-refractivity contribution in [2.75, 3.05) is 4.72 Å². The first-order chi connectivity index (χ1) is 8.38. The van der Waals surface area contributed by atoms with Crippen LogP contribution in [0.5, 0.6) is 0 Å². The van der Waals surface area contributed by atoms with Gasteiger partial charge in [-0.1, -0.05) is 0 Å². The predicted octanol–water partition coefficient (Wildman–Crippen LogP) is 2.12. The van der Waals surface area contributed by atoms with Gasteiger partial charge in [0.05, 0.1) is 16.4 Å². The van der Waals surface area contributed by atoms with Gasteiger partial charge in [-0.2, -0.15) is 5.10 Å². The number of sulfonamides is 1. The molecule has 0 bridgehead atoms. The van der Waals surface area contributed by atoms with Gasteiger partial charge in [0.15, 0.2) is 0 Å². The van der Waals surface area contributed by atoms with Crippen LogP contribution in [0.4, 0.5) is 10.1 Å². The standard InChI is InChI=1S/C10H9BrFN3O2S/c1-15-6-8(5-13-15)18(16,17)14-7-2-3-9(11)10(12)4-7/h2-6,14H,1H3. The van der Waals surface area contributed by atoms with Crippen LogP contribution in [0, 0.1) is 5.82 Å². The van der Waals surface area contributed by atoms with Crippen molar-refractivity contribution in [2.24, 2.45) is 7.05 Å². The van der Waals surface area contributed by atoms with Gasteiger partial charge in [-0.25, -0.2) is 12.8 Å². The van der Waals surface area contributed by atoms with Gasteiger partial charge in [0.25, 0.3) is 10.0 Å². The average molecular weight is 334 g/mol. The molecular weight excluding hydrogens is 325 g/mol. The van der Waals surface area contributed by atoms with Gasteiger partial charge in [0.2, 0.25) is 0 Å². The molecule has 1 aromatic carbocycles. The highest BCUT2D eigenvalue weighted by Crippen LogP contribution is 2.21. The summed E-state index contributed by atoms with van der Waals surface area (Å²) in [7, 11) is -2.13. The number of aryl methyl sites for hydroxylation is 1. The van der Waals surface area contributed by atoms with Gasteiger partial charge in [0, 0.05) is 13.2 Å². The highest BCUT2D eigenvalue weighted by Gasteiger charge is 2.16. The lowest BCUT2D eigenvalue weighted by Gasteiger charge is -2.06. The molecule has 0 saturated carbocycles. The lowest BCUT2D eigenvalue weighted by atomic mass is 10.3. The minimum Gasteiger partial charge on any atom is -0.279 e. The van der Waals surface area contributed by atoms with Crippen molar-refractivity contribution in [3.05, 3.63) is 40.9 Å². The second-order valence-corrected chi connectivity index (χ2v) is 6.12. The molecule has 1 heterocycles. The van der Waals surface area contributed by atoms with Crippen molar-refractivity contribution in [2.45, 2.75) is 4.90 Å².